The van der Waals surface area contributed by atoms with Crippen LogP contribution in [0.2, 0.25) is 0 Å². The predicted molar refractivity (Wildman–Crippen MR) is 228 cm³/mol. The number of fused-ring (bicyclic) bond motifs is 3. The van der Waals surface area contributed by atoms with E-state index in [0.717, 1.165) is 50.5 Å². The lowest BCUT2D eigenvalue weighted by molar-refractivity contribution is 0.631. The molecule has 0 fully saturated rings. The second kappa shape index (κ2) is 13.4. The molecular weight excluding hydrogens is 655 g/mol. The monoisotopic (exact) mass is 689 g/mol. The van der Waals surface area contributed by atoms with Crippen molar-refractivity contribution in [1.29, 1.82) is 0 Å². The van der Waals surface area contributed by atoms with Gasteiger partial charge in [-0.1, -0.05) is 146 Å². The molecule has 54 heavy (non-hydrogen) atoms. The van der Waals surface area contributed by atoms with E-state index < -0.39 is 0 Å². The number of furan rings is 1. The number of rotatable bonds is 7. The number of hydrogen-bond acceptors (Lipinski definition) is 2. The van der Waals surface area contributed by atoms with E-state index >= 15 is 0 Å². The van der Waals surface area contributed by atoms with Gasteiger partial charge in [0.15, 0.2) is 0 Å². The topological polar surface area (TPSA) is 16.4 Å². The number of nitrogens with zero attached hydrogens (tertiary/aromatic N) is 1. The zero-order chi connectivity index (χ0) is 35.8. The first-order valence-corrected chi connectivity index (χ1v) is 18.4. The number of anilines is 3. The molecule has 0 N–H and O–H groups in total. The largest absolute Gasteiger partial charge is 0.456 e. The van der Waals surface area contributed by atoms with Crippen molar-refractivity contribution in [2.45, 2.75) is 0 Å². The minimum atomic E-state index is 0.874. The molecule has 0 atom stereocenters. The fraction of sp³-hybridized carbons (Fsp3) is 0. The van der Waals surface area contributed by atoms with E-state index in [4.69, 9.17) is 4.42 Å². The molecular formula is C52H35NO. The Hall–Kier alpha value is -7.16. The highest BCUT2D eigenvalue weighted by molar-refractivity contribution is 5.90. The van der Waals surface area contributed by atoms with Crippen LogP contribution in [0.1, 0.15) is 0 Å². The fourth-order valence-electron chi connectivity index (χ4n) is 7.59. The molecule has 0 radical (unpaired) electrons. The molecule has 0 amide bonds. The van der Waals surface area contributed by atoms with Gasteiger partial charge in [0, 0.05) is 28.0 Å². The Balaban J connectivity index is 1.03. The van der Waals surface area contributed by atoms with Crippen LogP contribution < -0.4 is 4.90 Å². The molecule has 0 unspecified atom stereocenters. The van der Waals surface area contributed by atoms with Gasteiger partial charge in [0.2, 0.25) is 0 Å². The summed E-state index contributed by atoms with van der Waals surface area (Å²) in [6.45, 7) is 0. The fourth-order valence-corrected chi connectivity index (χ4v) is 7.59. The van der Waals surface area contributed by atoms with Crippen molar-refractivity contribution in [3.05, 3.63) is 212 Å². The summed E-state index contributed by atoms with van der Waals surface area (Å²) in [6, 6.07) is 76.0. The maximum atomic E-state index is 6.20. The van der Waals surface area contributed by atoms with E-state index in [1.54, 1.807) is 0 Å². The van der Waals surface area contributed by atoms with E-state index in [9.17, 15) is 0 Å². The zero-order valence-corrected chi connectivity index (χ0v) is 29.6. The van der Waals surface area contributed by atoms with E-state index in [2.05, 4.69) is 199 Å². The first-order chi connectivity index (χ1) is 26.7. The van der Waals surface area contributed by atoms with E-state index in [1.165, 1.54) is 43.8 Å². The maximum absolute atomic E-state index is 6.20. The van der Waals surface area contributed by atoms with E-state index in [0.29, 0.717) is 0 Å². The molecule has 0 aliphatic heterocycles. The van der Waals surface area contributed by atoms with Crippen LogP contribution in [-0.4, -0.2) is 0 Å². The molecule has 10 aromatic rings. The molecule has 0 spiro atoms. The van der Waals surface area contributed by atoms with Gasteiger partial charge in [0.25, 0.3) is 0 Å². The minimum absolute atomic E-state index is 0.874. The van der Waals surface area contributed by atoms with Crippen LogP contribution in [0.4, 0.5) is 17.1 Å². The Labute approximate surface area is 314 Å². The first-order valence-electron chi connectivity index (χ1n) is 18.4. The number of hydrogen-bond donors (Lipinski definition) is 0. The Bertz CT molecular complexity index is 2900. The molecule has 254 valence electrons. The smallest absolute Gasteiger partial charge is 0.135 e. The van der Waals surface area contributed by atoms with Crippen molar-refractivity contribution >= 4 is 49.6 Å². The summed E-state index contributed by atoms with van der Waals surface area (Å²) in [5.74, 6) is 0.874. The van der Waals surface area contributed by atoms with Crippen molar-refractivity contribution in [3.8, 4) is 44.7 Å². The lowest BCUT2D eigenvalue weighted by atomic mass is 9.99. The normalized spacial score (nSPS) is 11.3. The third-order valence-electron chi connectivity index (χ3n) is 10.4. The van der Waals surface area contributed by atoms with Gasteiger partial charge in [-0.2, -0.15) is 0 Å². The molecule has 9 aromatic carbocycles. The first kappa shape index (κ1) is 31.6. The molecule has 2 nitrogen and oxygen atoms in total. The van der Waals surface area contributed by atoms with Gasteiger partial charge in [-0.25, -0.2) is 0 Å². The molecule has 0 saturated heterocycles. The summed E-state index contributed by atoms with van der Waals surface area (Å²) >= 11 is 0. The van der Waals surface area contributed by atoms with E-state index in [1.807, 2.05) is 18.2 Å². The van der Waals surface area contributed by atoms with Crippen molar-refractivity contribution in [2.75, 3.05) is 4.90 Å². The highest BCUT2D eigenvalue weighted by atomic mass is 16.3. The Morgan fingerprint density at radius 2 is 0.722 bits per heavy atom. The summed E-state index contributed by atoms with van der Waals surface area (Å²) in [4.78, 5) is 2.35. The number of benzene rings is 9. The summed E-state index contributed by atoms with van der Waals surface area (Å²) in [5.41, 5.74) is 12.3. The molecule has 0 saturated carbocycles. The minimum Gasteiger partial charge on any atom is -0.456 e. The third kappa shape index (κ3) is 6.00. The van der Waals surface area contributed by atoms with Gasteiger partial charge in [-0.05, 0) is 122 Å². The highest BCUT2D eigenvalue weighted by Crippen LogP contribution is 2.39. The summed E-state index contributed by atoms with van der Waals surface area (Å²) < 4.78 is 6.20. The zero-order valence-electron chi connectivity index (χ0n) is 29.6. The van der Waals surface area contributed by atoms with Crippen molar-refractivity contribution in [3.63, 3.8) is 0 Å². The number of para-hydroxylation sites is 1. The SMILES string of the molecule is c1cc(-c2ccc(N(c3ccc(-c4ccc5ccccc5c4)cc3)c3cccc(-c4ccc5ccccc5c4)c3)cc2)cc(-c2cc3ccccc3o2)c1. The average Bonchev–Trinajstić information content (AvgIpc) is 3.69. The van der Waals surface area contributed by atoms with Crippen LogP contribution in [0.15, 0.2) is 217 Å². The second-order valence-electron chi connectivity index (χ2n) is 13.8. The van der Waals surface area contributed by atoms with Crippen molar-refractivity contribution in [1.82, 2.24) is 0 Å². The summed E-state index contributed by atoms with van der Waals surface area (Å²) in [7, 11) is 0. The van der Waals surface area contributed by atoms with Gasteiger partial charge in [-0.3, -0.25) is 0 Å². The predicted octanol–water partition coefficient (Wildman–Crippen LogP) is 14.9. The average molecular weight is 690 g/mol. The molecule has 1 heterocycles. The molecule has 0 bridgehead atoms. The quantitative estimate of drug-likeness (QED) is 0.166. The summed E-state index contributed by atoms with van der Waals surface area (Å²) in [5, 5.41) is 6.09. The Kier molecular flexibility index (Phi) is 7.85. The van der Waals surface area contributed by atoms with Gasteiger partial charge in [0.1, 0.15) is 11.3 Å². The molecule has 0 aliphatic carbocycles. The van der Waals surface area contributed by atoms with Crippen molar-refractivity contribution < 1.29 is 4.42 Å². The molecule has 0 aliphatic rings. The summed E-state index contributed by atoms with van der Waals surface area (Å²) in [6.07, 6.45) is 0. The van der Waals surface area contributed by atoms with Crippen molar-refractivity contribution in [2.24, 2.45) is 0 Å². The van der Waals surface area contributed by atoms with Gasteiger partial charge >= 0.3 is 0 Å². The van der Waals surface area contributed by atoms with Crippen LogP contribution in [0.25, 0.3) is 77.2 Å². The van der Waals surface area contributed by atoms with Crippen LogP contribution in [0.3, 0.4) is 0 Å². The van der Waals surface area contributed by atoms with Crippen LogP contribution in [-0.2, 0) is 0 Å². The Morgan fingerprint density at radius 1 is 0.259 bits per heavy atom. The van der Waals surface area contributed by atoms with Crippen LogP contribution in [0, 0.1) is 0 Å². The Morgan fingerprint density at radius 3 is 1.33 bits per heavy atom. The van der Waals surface area contributed by atoms with Gasteiger partial charge in [-0.15, -0.1) is 0 Å². The van der Waals surface area contributed by atoms with Crippen LogP contribution >= 0.6 is 0 Å². The van der Waals surface area contributed by atoms with Gasteiger partial charge in [0.05, 0.1) is 0 Å². The molecule has 2 heteroatoms. The lowest BCUT2D eigenvalue weighted by Gasteiger charge is -2.26. The molecule has 1 aromatic heterocycles. The second-order valence-corrected chi connectivity index (χ2v) is 13.8. The standard InChI is InChI=1S/C52H35NO/c1-3-11-40-31-44(21-19-36(40)9-1)39-25-29-49(30-26-39)53(50-17-8-15-43(34-50)45-22-20-37-10-2-4-12-41(37)32-45)48-27-23-38(24-28-48)42-14-7-16-46(33-42)52-35-47-13-5-6-18-51(47)54-52/h1-35H. The molecule has 10 rings (SSSR count). The van der Waals surface area contributed by atoms with E-state index in [-0.39, 0.29) is 0 Å². The van der Waals surface area contributed by atoms with Gasteiger partial charge < -0.3 is 9.32 Å². The van der Waals surface area contributed by atoms with Crippen LogP contribution in [0.5, 0.6) is 0 Å². The third-order valence-corrected chi connectivity index (χ3v) is 10.4. The lowest BCUT2D eigenvalue weighted by Crippen LogP contribution is -2.10. The highest BCUT2D eigenvalue weighted by Gasteiger charge is 2.15. The maximum Gasteiger partial charge on any atom is 0.135 e.